The van der Waals surface area contributed by atoms with Crippen LogP contribution in [0.25, 0.3) is 0 Å². The van der Waals surface area contributed by atoms with Crippen LogP contribution < -0.4 is 0 Å². The van der Waals surface area contributed by atoms with Crippen molar-refractivity contribution in [2.24, 2.45) is 0 Å². The van der Waals surface area contributed by atoms with Crippen LogP contribution in [-0.2, 0) is 11.2 Å². The summed E-state index contributed by atoms with van der Waals surface area (Å²) in [5.74, 6) is 0.381. The molecule has 0 atom stereocenters. The van der Waals surface area contributed by atoms with E-state index in [0.29, 0.717) is 12.2 Å². The Hall–Kier alpha value is -1.11. The second-order valence-electron chi connectivity index (χ2n) is 4.72. The Bertz CT molecular complexity index is 303. The molecular weight excluding hydrogens is 208 g/mol. The Morgan fingerprint density at radius 1 is 0.941 bits per heavy atom. The molecule has 0 spiro atoms. The van der Waals surface area contributed by atoms with Gasteiger partial charge in [0.15, 0.2) is 0 Å². The fraction of sp³-hybridized carbons (Fsp3) is 0.562. The molecule has 0 N–H and O–H groups in total. The van der Waals surface area contributed by atoms with Gasteiger partial charge in [0.25, 0.3) is 0 Å². The van der Waals surface area contributed by atoms with Crippen LogP contribution in [0.3, 0.4) is 0 Å². The largest absolute Gasteiger partial charge is 0.299 e. The quantitative estimate of drug-likeness (QED) is 0.571. The minimum atomic E-state index is 0.381. The van der Waals surface area contributed by atoms with E-state index in [9.17, 15) is 4.79 Å². The van der Waals surface area contributed by atoms with Crippen molar-refractivity contribution in [1.29, 1.82) is 0 Å². The molecule has 0 aliphatic carbocycles. The van der Waals surface area contributed by atoms with Crippen LogP contribution in [0.5, 0.6) is 0 Å². The average Bonchev–Trinajstić information content (AvgIpc) is 2.35. The summed E-state index contributed by atoms with van der Waals surface area (Å²) in [7, 11) is 0. The second kappa shape index (κ2) is 8.98. The van der Waals surface area contributed by atoms with Gasteiger partial charge in [0, 0.05) is 12.8 Å². The van der Waals surface area contributed by atoms with Gasteiger partial charge >= 0.3 is 0 Å². The van der Waals surface area contributed by atoms with Gasteiger partial charge in [-0.1, -0.05) is 69.4 Å². The third kappa shape index (κ3) is 6.93. The molecule has 0 aliphatic heterocycles. The third-order valence-electron chi connectivity index (χ3n) is 3.05. The topological polar surface area (TPSA) is 17.1 Å². The monoisotopic (exact) mass is 232 g/mol. The van der Waals surface area contributed by atoms with Crippen LogP contribution >= 0.6 is 0 Å². The molecule has 0 heterocycles. The number of Topliss-reactive ketones (excluding diaryl/α,β-unsaturated/α-hetero) is 1. The number of ketones is 1. The Morgan fingerprint density at radius 3 is 2.29 bits per heavy atom. The minimum absolute atomic E-state index is 0.381. The van der Waals surface area contributed by atoms with Crippen molar-refractivity contribution >= 4 is 5.78 Å². The average molecular weight is 232 g/mol. The lowest BCUT2D eigenvalue weighted by Gasteiger charge is -2.02. The molecule has 0 amide bonds. The van der Waals surface area contributed by atoms with Crippen molar-refractivity contribution in [2.45, 2.75) is 58.3 Å². The summed E-state index contributed by atoms with van der Waals surface area (Å²) in [4.78, 5) is 11.7. The van der Waals surface area contributed by atoms with Gasteiger partial charge in [-0.15, -0.1) is 0 Å². The number of carbonyl (C=O) groups excluding carboxylic acids is 1. The molecule has 94 valence electrons. The number of hydrogen-bond acceptors (Lipinski definition) is 1. The smallest absolute Gasteiger partial charge is 0.137 e. The molecule has 1 nitrogen and oxygen atoms in total. The maximum absolute atomic E-state index is 11.7. The number of carbonyl (C=O) groups is 1. The van der Waals surface area contributed by atoms with E-state index in [0.717, 1.165) is 18.4 Å². The predicted molar refractivity (Wildman–Crippen MR) is 73.1 cm³/mol. The zero-order chi connectivity index (χ0) is 12.3. The third-order valence-corrected chi connectivity index (χ3v) is 3.05. The van der Waals surface area contributed by atoms with Gasteiger partial charge in [0.05, 0.1) is 0 Å². The van der Waals surface area contributed by atoms with Crippen molar-refractivity contribution in [2.75, 3.05) is 0 Å². The molecule has 1 rings (SSSR count). The molecule has 0 bridgehead atoms. The number of rotatable bonds is 9. The second-order valence-corrected chi connectivity index (χ2v) is 4.72. The summed E-state index contributed by atoms with van der Waals surface area (Å²) >= 11 is 0. The minimum Gasteiger partial charge on any atom is -0.299 e. The van der Waals surface area contributed by atoms with Gasteiger partial charge in [-0.25, -0.2) is 0 Å². The lowest BCUT2D eigenvalue weighted by Crippen LogP contribution is -2.02. The normalized spacial score (nSPS) is 10.4. The van der Waals surface area contributed by atoms with Crippen LogP contribution in [0.15, 0.2) is 30.3 Å². The molecule has 1 heteroatoms. The van der Waals surface area contributed by atoms with Gasteiger partial charge < -0.3 is 0 Å². The lowest BCUT2D eigenvalue weighted by atomic mass is 10.0. The summed E-state index contributed by atoms with van der Waals surface area (Å²) in [5.41, 5.74) is 1.14. The highest BCUT2D eigenvalue weighted by Crippen LogP contribution is 2.09. The van der Waals surface area contributed by atoms with Gasteiger partial charge in [0.2, 0.25) is 0 Å². The van der Waals surface area contributed by atoms with Gasteiger partial charge in [-0.2, -0.15) is 0 Å². The fourth-order valence-corrected chi connectivity index (χ4v) is 2.01. The van der Waals surface area contributed by atoms with E-state index >= 15 is 0 Å². The van der Waals surface area contributed by atoms with Gasteiger partial charge in [-0.3, -0.25) is 4.79 Å². The molecule has 1 aromatic carbocycles. The first-order valence-electron chi connectivity index (χ1n) is 6.88. The molecule has 0 radical (unpaired) electrons. The first-order valence-corrected chi connectivity index (χ1v) is 6.88. The van der Waals surface area contributed by atoms with E-state index < -0.39 is 0 Å². The van der Waals surface area contributed by atoms with E-state index in [1.807, 2.05) is 30.3 Å². The maximum Gasteiger partial charge on any atom is 0.137 e. The summed E-state index contributed by atoms with van der Waals surface area (Å²) in [6.07, 6.45) is 8.85. The molecule has 0 saturated carbocycles. The van der Waals surface area contributed by atoms with Gasteiger partial charge in [0.1, 0.15) is 5.78 Å². The van der Waals surface area contributed by atoms with Crippen molar-refractivity contribution < 1.29 is 4.79 Å². The summed E-state index contributed by atoms with van der Waals surface area (Å²) in [6, 6.07) is 10.0. The molecule has 0 aromatic heterocycles. The summed E-state index contributed by atoms with van der Waals surface area (Å²) in [5, 5.41) is 0. The lowest BCUT2D eigenvalue weighted by molar-refractivity contribution is -0.118. The first-order chi connectivity index (χ1) is 8.33. The summed E-state index contributed by atoms with van der Waals surface area (Å²) < 4.78 is 0. The highest BCUT2D eigenvalue weighted by atomic mass is 16.1. The zero-order valence-corrected chi connectivity index (χ0v) is 11.0. The molecule has 1 aromatic rings. The fourth-order valence-electron chi connectivity index (χ4n) is 2.01. The Kier molecular flexibility index (Phi) is 7.37. The van der Waals surface area contributed by atoms with Crippen LogP contribution in [-0.4, -0.2) is 5.78 Å². The molecule has 17 heavy (non-hydrogen) atoms. The zero-order valence-electron chi connectivity index (χ0n) is 11.0. The standard InChI is InChI=1S/C16H24O/c1-2-3-4-5-6-10-13-16(17)14-15-11-8-7-9-12-15/h7-9,11-12H,2-6,10,13-14H2,1H3. The van der Waals surface area contributed by atoms with Crippen molar-refractivity contribution in [3.63, 3.8) is 0 Å². The van der Waals surface area contributed by atoms with Gasteiger partial charge in [-0.05, 0) is 12.0 Å². The van der Waals surface area contributed by atoms with Crippen molar-refractivity contribution in [1.82, 2.24) is 0 Å². The van der Waals surface area contributed by atoms with Crippen LogP contribution in [0, 0.1) is 0 Å². The highest BCUT2D eigenvalue weighted by Gasteiger charge is 2.02. The number of unbranched alkanes of at least 4 members (excludes halogenated alkanes) is 5. The van der Waals surface area contributed by atoms with Crippen molar-refractivity contribution in [3.05, 3.63) is 35.9 Å². The molecule has 0 unspecified atom stereocenters. The molecule has 0 saturated heterocycles. The maximum atomic E-state index is 11.7. The SMILES string of the molecule is CCCCCCCCC(=O)Cc1ccccc1. The number of hydrogen-bond donors (Lipinski definition) is 0. The van der Waals surface area contributed by atoms with Crippen LogP contribution in [0.2, 0.25) is 0 Å². The van der Waals surface area contributed by atoms with E-state index in [-0.39, 0.29) is 0 Å². The van der Waals surface area contributed by atoms with E-state index in [2.05, 4.69) is 6.92 Å². The Morgan fingerprint density at radius 2 is 1.59 bits per heavy atom. The molecule has 0 aliphatic rings. The first kappa shape index (κ1) is 14.0. The number of benzene rings is 1. The van der Waals surface area contributed by atoms with Crippen LogP contribution in [0.1, 0.15) is 57.4 Å². The summed E-state index contributed by atoms with van der Waals surface area (Å²) in [6.45, 7) is 2.23. The van der Waals surface area contributed by atoms with E-state index in [4.69, 9.17) is 0 Å². The molecule has 0 fully saturated rings. The van der Waals surface area contributed by atoms with Crippen molar-refractivity contribution in [3.8, 4) is 0 Å². The Labute approximate surface area is 105 Å². The molecular formula is C16H24O. The Balaban J connectivity index is 2.06. The predicted octanol–water partition coefficient (Wildman–Crippen LogP) is 4.55. The highest BCUT2D eigenvalue weighted by molar-refractivity contribution is 5.80. The van der Waals surface area contributed by atoms with E-state index in [1.54, 1.807) is 0 Å². The van der Waals surface area contributed by atoms with E-state index in [1.165, 1.54) is 32.1 Å². The van der Waals surface area contributed by atoms with Crippen LogP contribution in [0.4, 0.5) is 0 Å².